The third-order valence-corrected chi connectivity index (χ3v) is 5.67. The first-order chi connectivity index (χ1) is 15.0. The minimum Gasteiger partial charge on any atom is -0.496 e. The topological polar surface area (TPSA) is 105 Å². The fourth-order valence-electron chi connectivity index (χ4n) is 4.09. The molecule has 2 aliphatic rings. The SMILES string of the molecule is COc1ccccc1C1=COC2CC(OC(=O)c3cccc([N+](=O)[O-])c3)CCC2C1=O. The van der Waals surface area contributed by atoms with Crippen LogP contribution < -0.4 is 4.74 Å². The summed E-state index contributed by atoms with van der Waals surface area (Å²) < 4.78 is 16.8. The normalized spacial score (nSPS) is 22.5. The number of carbonyl (C=O) groups excluding carboxylic acids is 2. The first-order valence-electron chi connectivity index (χ1n) is 9.96. The maximum absolute atomic E-state index is 13.1. The number of benzene rings is 2. The van der Waals surface area contributed by atoms with Crippen molar-refractivity contribution >= 4 is 23.0 Å². The van der Waals surface area contributed by atoms with Crippen LogP contribution >= 0.6 is 0 Å². The summed E-state index contributed by atoms with van der Waals surface area (Å²) in [5.41, 5.74) is 1.11. The number of hydrogen-bond donors (Lipinski definition) is 0. The van der Waals surface area contributed by atoms with E-state index in [9.17, 15) is 19.7 Å². The van der Waals surface area contributed by atoms with Crippen LogP contribution in [0.15, 0.2) is 54.8 Å². The largest absolute Gasteiger partial charge is 0.496 e. The summed E-state index contributed by atoms with van der Waals surface area (Å²) in [6.45, 7) is 0. The number of fused-ring (bicyclic) bond motifs is 1. The molecule has 1 fully saturated rings. The van der Waals surface area contributed by atoms with Gasteiger partial charge in [0.1, 0.15) is 18.0 Å². The third kappa shape index (κ3) is 4.14. The highest BCUT2D eigenvalue weighted by molar-refractivity contribution is 6.22. The molecule has 0 bridgehead atoms. The van der Waals surface area contributed by atoms with Crippen molar-refractivity contribution in [1.29, 1.82) is 0 Å². The number of non-ortho nitro benzene ring substituents is 1. The fourth-order valence-corrected chi connectivity index (χ4v) is 4.09. The van der Waals surface area contributed by atoms with Crippen LogP contribution in [0.25, 0.3) is 5.57 Å². The van der Waals surface area contributed by atoms with E-state index in [1.54, 1.807) is 13.2 Å². The third-order valence-electron chi connectivity index (χ3n) is 5.67. The maximum Gasteiger partial charge on any atom is 0.338 e. The molecule has 2 aromatic carbocycles. The average molecular weight is 423 g/mol. The van der Waals surface area contributed by atoms with E-state index in [-0.39, 0.29) is 29.1 Å². The Bertz CT molecular complexity index is 1060. The zero-order chi connectivity index (χ0) is 22.0. The molecule has 3 atom stereocenters. The maximum atomic E-state index is 13.1. The second-order valence-electron chi connectivity index (χ2n) is 7.52. The number of para-hydroxylation sites is 1. The van der Waals surface area contributed by atoms with Crippen molar-refractivity contribution in [2.75, 3.05) is 7.11 Å². The molecular formula is C23H21NO7. The van der Waals surface area contributed by atoms with Crippen molar-refractivity contribution in [2.24, 2.45) is 5.92 Å². The summed E-state index contributed by atoms with van der Waals surface area (Å²) in [7, 11) is 1.55. The van der Waals surface area contributed by atoms with Gasteiger partial charge in [-0.2, -0.15) is 0 Å². The van der Waals surface area contributed by atoms with Gasteiger partial charge >= 0.3 is 5.97 Å². The number of methoxy groups -OCH3 is 1. The summed E-state index contributed by atoms with van der Waals surface area (Å²) >= 11 is 0. The molecule has 0 radical (unpaired) electrons. The van der Waals surface area contributed by atoms with Crippen LogP contribution in [0.5, 0.6) is 5.75 Å². The van der Waals surface area contributed by atoms with Crippen molar-refractivity contribution < 1.29 is 28.7 Å². The van der Waals surface area contributed by atoms with Crippen LogP contribution in [0, 0.1) is 16.0 Å². The van der Waals surface area contributed by atoms with E-state index in [4.69, 9.17) is 14.2 Å². The molecular weight excluding hydrogens is 402 g/mol. The van der Waals surface area contributed by atoms with Gasteiger partial charge in [-0.1, -0.05) is 24.3 Å². The Balaban J connectivity index is 1.45. The molecule has 0 spiro atoms. The predicted molar refractivity (Wildman–Crippen MR) is 110 cm³/mol. The number of ether oxygens (including phenoxy) is 3. The lowest BCUT2D eigenvalue weighted by Crippen LogP contribution is -2.42. The van der Waals surface area contributed by atoms with Gasteiger partial charge in [0.25, 0.3) is 5.69 Å². The molecule has 0 N–H and O–H groups in total. The Morgan fingerprint density at radius 3 is 2.74 bits per heavy atom. The molecule has 1 aliphatic carbocycles. The van der Waals surface area contributed by atoms with Gasteiger partial charge in [0.2, 0.25) is 0 Å². The lowest BCUT2D eigenvalue weighted by atomic mass is 9.77. The van der Waals surface area contributed by atoms with E-state index >= 15 is 0 Å². The lowest BCUT2D eigenvalue weighted by Gasteiger charge is -2.37. The number of carbonyl (C=O) groups is 2. The monoisotopic (exact) mass is 423 g/mol. The number of rotatable bonds is 5. The Kier molecular flexibility index (Phi) is 5.70. The van der Waals surface area contributed by atoms with Gasteiger partial charge in [-0.25, -0.2) is 4.79 Å². The van der Waals surface area contributed by atoms with Gasteiger partial charge in [-0.05, 0) is 25.0 Å². The number of nitrogens with zero attached hydrogens (tertiary/aromatic N) is 1. The minimum absolute atomic E-state index is 0.00999. The molecule has 4 rings (SSSR count). The number of allylic oxidation sites excluding steroid dienone is 1. The van der Waals surface area contributed by atoms with Crippen molar-refractivity contribution in [3.63, 3.8) is 0 Å². The lowest BCUT2D eigenvalue weighted by molar-refractivity contribution is -0.384. The molecule has 1 heterocycles. The molecule has 0 saturated heterocycles. The van der Waals surface area contributed by atoms with Gasteiger partial charge in [0.15, 0.2) is 5.78 Å². The Morgan fingerprint density at radius 1 is 1.16 bits per heavy atom. The summed E-state index contributed by atoms with van der Waals surface area (Å²) in [6.07, 6.45) is 2.06. The molecule has 3 unspecified atom stereocenters. The van der Waals surface area contributed by atoms with Crippen LogP contribution in [-0.4, -0.2) is 36.0 Å². The minimum atomic E-state index is -0.625. The van der Waals surface area contributed by atoms with Gasteiger partial charge in [0, 0.05) is 24.1 Å². The highest BCUT2D eigenvalue weighted by atomic mass is 16.6. The molecule has 1 saturated carbocycles. The molecule has 160 valence electrons. The Labute approximate surface area is 178 Å². The first-order valence-corrected chi connectivity index (χ1v) is 9.96. The van der Waals surface area contributed by atoms with Crippen molar-refractivity contribution in [3.8, 4) is 5.75 Å². The van der Waals surface area contributed by atoms with Gasteiger partial charge in [0.05, 0.1) is 35.3 Å². The van der Waals surface area contributed by atoms with E-state index in [0.29, 0.717) is 36.1 Å². The second kappa shape index (κ2) is 8.59. The summed E-state index contributed by atoms with van der Waals surface area (Å²) in [5, 5.41) is 10.9. The molecule has 1 aliphatic heterocycles. The molecule has 2 aromatic rings. The van der Waals surface area contributed by atoms with Crippen LogP contribution in [0.4, 0.5) is 5.69 Å². The summed E-state index contributed by atoms with van der Waals surface area (Å²) in [6, 6.07) is 12.7. The van der Waals surface area contributed by atoms with Crippen molar-refractivity contribution in [1.82, 2.24) is 0 Å². The van der Waals surface area contributed by atoms with Crippen LogP contribution in [-0.2, 0) is 14.3 Å². The van der Waals surface area contributed by atoms with E-state index in [0.717, 1.165) is 0 Å². The van der Waals surface area contributed by atoms with Gasteiger partial charge < -0.3 is 14.2 Å². The molecule has 0 amide bonds. The molecule has 0 aromatic heterocycles. The highest BCUT2D eigenvalue weighted by Gasteiger charge is 2.42. The Hall–Kier alpha value is -3.68. The van der Waals surface area contributed by atoms with Crippen LogP contribution in [0.3, 0.4) is 0 Å². The number of Topliss-reactive ketones (excluding diaryl/α,β-unsaturated/α-hetero) is 1. The van der Waals surface area contributed by atoms with E-state index < -0.39 is 17.0 Å². The van der Waals surface area contributed by atoms with Crippen molar-refractivity contribution in [3.05, 3.63) is 76.0 Å². The standard InChI is InChI=1S/C23H21NO7/c1-29-20-8-3-2-7-17(20)19-13-30-21-12-16(9-10-18(21)22(19)25)31-23(26)14-5-4-6-15(11-14)24(27)28/h2-8,11,13,16,18,21H,9-10,12H2,1H3. The quantitative estimate of drug-likeness (QED) is 0.407. The Morgan fingerprint density at radius 2 is 1.97 bits per heavy atom. The number of nitro benzene ring substituents is 1. The zero-order valence-corrected chi connectivity index (χ0v) is 16.9. The summed E-state index contributed by atoms with van der Waals surface area (Å²) in [5.74, 6) is -0.356. The number of esters is 1. The van der Waals surface area contributed by atoms with Crippen molar-refractivity contribution in [2.45, 2.75) is 31.5 Å². The van der Waals surface area contributed by atoms with Gasteiger partial charge in [-0.15, -0.1) is 0 Å². The zero-order valence-electron chi connectivity index (χ0n) is 16.9. The summed E-state index contributed by atoms with van der Waals surface area (Å²) in [4.78, 5) is 35.9. The molecule has 8 heteroatoms. The average Bonchev–Trinajstić information content (AvgIpc) is 2.79. The van der Waals surface area contributed by atoms with Crippen LogP contribution in [0.2, 0.25) is 0 Å². The number of hydrogen-bond acceptors (Lipinski definition) is 7. The number of nitro groups is 1. The number of ketones is 1. The van der Waals surface area contributed by atoms with Gasteiger partial charge in [-0.3, -0.25) is 14.9 Å². The highest BCUT2D eigenvalue weighted by Crippen LogP contribution is 2.39. The second-order valence-corrected chi connectivity index (χ2v) is 7.52. The fraction of sp³-hybridized carbons (Fsp3) is 0.304. The van der Waals surface area contributed by atoms with Crippen LogP contribution in [0.1, 0.15) is 35.2 Å². The predicted octanol–water partition coefficient (Wildman–Crippen LogP) is 3.94. The van der Waals surface area contributed by atoms with E-state index in [1.165, 1.54) is 30.5 Å². The molecule has 31 heavy (non-hydrogen) atoms. The molecule has 8 nitrogen and oxygen atoms in total. The first kappa shape index (κ1) is 20.6. The van der Waals surface area contributed by atoms with E-state index in [1.807, 2.05) is 18.2 Å². The van der Waals surface area contributed by atoms with E-state index in [2.05, 4.69) is 0 Å². The smallest absolute Gasteiger partial charge is 0.338 e.